The molecule has 0 unspecified atom stereocenters. The Labute approximate surface area is 155 Å². The van der Waals surface area contributed by atoms with Crippen LogP contribution >= 0.6 is 0 Å². The third kappa shape index (κ3) is 4.23. The second-order valence-corrected chi connectivity index (χ2v) is 6.04. The summed E-state index contributed by atoms with van der Waals surface area (Å²) in [5.74, 6) is -0.449. The first-order chi connectivity index (χ1) is 13.0. The van der Waals surface area contributed by atoms with Crippen molar-refractivity contribution in [2.45, 2.75) is 13.8 Å². The van der Waals surface area contributed by atoms with Crippen molar-refractivity contribution in [3.63, 3.8) is 0 Å². The Morgan fingerprint density at radius 1 is 1.07 bits per heavy atom. The van der Waals surface area contributed by atoms with E-state index in [-0.39, 0.29) is 24.5 Å². The highest BCUT2D eigenvalue weighted by Gasteiger charge is 2.11. The van der Waals surface area contributed by atoms with Crippen molar-refractivity contribution in [3.05, 3.63) is 69.9 Å². The van der Waals surface area contributed by atoms with Crippen LogP contribution in [0.1, 0.15) is 22.8 Å². The second-order valence-electron chi connectivity index (χ2n) is 6.04. The number of rotatable bonds is 5. The van der Waals surface area contributed by atoms with Crippen molar-refractivity contribution in [3.8, 4) is 11.3 Å². The van der Waals surface area contributed by atoms with Crippen LogP contribution in [0.4, 0.5) is 0 Å². The first-order valence-corrected chi connectivity index (χ1v) is 8.56. The lowest BCUT2D eigenvalue weighted by molar-refractivity contribution is -0.141. The van der Waals surface area contributed by atoms with Gasteiger partial charge in [0.05, 0.1) is 12.0 Å². The fourth-order valence-corrected chi connectivity index (χ4v) is 2.66. The van der Waals surface area contributed by atoms with Crippen LogP contribution < -0.4 is 10.7 Å². The van der Waals surface area contributed by atoms with Crippen molar-refractivity contribution in [1.29, 1.82) is 0 Å². The van der Waals surface area contributed by atoms with Crippen LogP contribution in [0.25, 0.3) is 22.3 Å². The van der Waals surface area contributed by atoms with E-state index in [1.807, 2.05) is 13.0 Å². The number of benzene rings is 2. The third-order valence-corrected chi connectivity index (χ3v) is 4.01. The van der Waals surface area contributed by atoms with Crippen LogP contribution in [-0.4, -0.2) is 25.0 Å². The Hall–Kier alpha value is -3.41. The van der Waals surface area contributed by atoms with Gasteiger partial charge in [0, 0.05) is 17.2 Å². The molecule has 0 aliphatic carbocycles. The molecule has 0 spiro atoms. The van der Waals surface area contributed by atoms with Gasteiger partial charge in [-0.05, 0) is 38.1 Å². The summed E-state index contributed by atoms with van der Waals surface area (Å²) < 4.78 is 10.6. The molecular weight excluding hydrogens is 346 g/mol. The molecule has 0 radical (unpaired) electrons. The summed E-state index contributed by atoms with van der Waals surface area (Å²) in [6.07, 6.45) is 0. The minimum Gasteiger partial charge on any atom is -0.465 e. The number of carbonyl (C=O) groups is 2. The Morgan fingerprint density at radius 3 is 2.52 bits per heavy atom. The summed E-state index contributed by atoms with van der Waals surface area (Å²) in [5.41, 5.74) is 2.45. The van der Waals surface area contributed by atoms with Gasteiger partial charge in [-0.1, -0.05) is 23.8 Å². The molecule has 3 rings (SSSR count). The number of esters is 1. The highest BCUT2D eigenvalue weighted by molar-refractivity contribution is 5.96. The minimum atomic E-state index is -0.490. The number of hydrogen-bond donors (Lipinski definition) is 1. The second kappa shape index (κ2) is 7.86. The highest BCUT2D eigenvalue weighted by atomic mass is 16.5. The molecule has 1 N–H and O–H groups in total. The van der Waals surface area contributed by atoms with Gasteiger partial charge in [0.15, 0.2) is 5.43 Å². The Bertz CT molecular complexity index is 1050. The van der Waals surface area contributed by atoms with Gasteiger partial charge in [-0.25, -0.2) is 0 Å². The number of aryl methyl sites for hydroxylation is 1. The number of ether oxygens (including phenoxy) is 1. The lowest BCUT2D eigenvalue weighted by atomic mass is 10.1. The van der Waals surface area contributed by atoms with Crippen LogP contribution in [-0.2, 0) is 9.53 Å². The predicted octanol–water partition coefficient (Wildman–Crippen LogP) is 3.06. The lowest BCUT2D eigenvalue weighted by Gasteiger charge is -2.07. The molecule has 0 atom stereocenters. The molecule has 0 saturated carbocycles. The van der Waals surface area contributed by atoms with E-state index in [2.05, 4.69) is 5.32 Å². The fraction of sp³-hybridized carbons (Fsp3) is 0.190. The van der Waals surface area contributed by atoms with Gasteiger partial charge >= 0.3 is 5.97 Å². The van der Waals surface area contributed by atoms with E-state index < -0.39 is 5.97 Å². The molecule has 0 aliphatic rings. The molecule has 0 bridgehead atoms. The molecule has 1 aromatic heterocycles. The van der Waals surface area contributed by atoms with Crippen molar-refractivity contribution in [2.75, 3.05) is 13.2 Å². The maximum Gasteiger partial charge on any atom is 0.325 e. The van der Waals surface area contributed by atoms with Gasteiger partial charge in [0.1, 0.15) is 17.9 Å². The van der Waals surface area contributed by atoms with E-state index in [4.69, 9.17) is 9.15 Å². The topological polar surface area (TPSA) is 85.6 Å². The average Bonchev–Trinajstić information content (AvgIpc) is 2.67. The van der Waals surface area contributed by atoms with E-state index in [1.165, 1.54) is 6.07 Å². The largest absolute Gasteiger partial charge is 0.465 e. The molecule has 0 saturated heterocycles. The summed E-state index contributed by atoms with van der Waals surface area (Å²) in [7, 11) is 0. The Balaban J connectivity index is 1.80. The molecule has 1 amide bonds. The van der Waals surface area contributed by atoms with Gasteiger partial charge in [-0.15, -0.1) is 0 Å². The zero-order chi connectivity index (χ0) is 19.4. The minimum absolute atomic E-state index is 0.119. The number of amides is 1. The van der Waals surface area contributed by atoms with Crippen molar-refractivity contribution in [1.82, 2.24) is 5.32 Å². The molecule has 3 aromatic rings. The van der Waals surface area contributed by atoms with E-state index in [9.17, 15) is 14.4 Å². The zero-order valence-electron chi connectivity index (χ0n) is 15.1. The van der Waals surface area contributed by atoms with Crippen LogP contribution in [0.3, 0.4) is 0 Å². The molecule has 0 aliphatic heterocycles. The first kappa shape index (κ1) is 18.4. The monoisotopic (exact) mass is 365 g/mol. The smallest absolute Gasteiger partial charge is 0.325 e. The molecule has 27 heavy (non-hydrogen) atoms. The van der Waals surface area contributed by atoms with Crippen LogP contribution in [0.5, 0.6) is 0 Å². The number of carbonyl (C=O) groups excluding carboxylic acids is 2. The normalized spacial score (nSPS) is 10.6. The highest BCUT2D eigenvalue weighted by Crippen LogP contribution is 2.23. The van der Waals surface area contributed by atoms with Gasteiger partial charge in [-0.3, -0.25) is 14.4 Å². The standard InChI is InChI=1S/C21H19NO5/c1-3-26-20(24)12-22-21(25)15-7-5-14(6-8-15)19-11-17(23)16-10-13(2)4-9-18(16)27-19/h4-11H,3,12H2,1-2H3,(H,22,25). The van der Waals surface area contributed by atoms with Crippen LogP contribution in [0, 0.1) is 6.92 Å². The molecule has 1 heterocycles. The Morgan fingerprint density at radius 2 is 1.81 bits per heavy atom. The third-order valence-electron chi connectivity index (χ3n) is 4.01. The van der Waals surface area contributed by atoms with Crippen molar-refractivity contribution < 1.29 is 18.7 Å². The summed E-state index contributed by atoms with van der Waals surface area (Å²) in [5, 5.41) is 3.03. The van der Waals surface area contributed by atoms with E-state index >= 15 is 0 Å². The molecule has 2 aromatic carbocycles. The Kier molecular flexibility index (Phi) is 5.35. The zero-order valence-corrected chi connectivity index (χ0v) is 15.1. The van der Waals surface area contributed by atoms with E-state index in [0.717, 1.165) is 5.56 Å². The SMILES string of the molecule is CCOC(=O)CNC(=O)c1ccc(-c2cc(=O)c3cc(C)ccc3o2)cc1. The summed E-state index contributed by atoms with van der Waals surface area (Å²) in [4.78, 5) is 35.7. The number of nitrogens with one attached hydrogen (secondary N) is 1. The number of hydrogen-bond acceptors (Lipinski definition) is 5. The first-order valence-electron chi connectivity index (χ1n) is 8.56. The average molecular weight is 365 g/mol. The van der Waals surface area contributed by atoms with Crippen LogP contribution in [0.2, 0.25) is 0 Å². The van der Waals surface area contributed by atoms with Gasteiger partial charge in [0.25, 0.3) is 5.91 Å². The molecular formula is C21H19NO5. The van der Waals surface area contributed by atoms with Crippen molar-refractivity contribution >= 4 is 22.8 Å². The van der Waals surface area contributed by atoms with Crippen molar-refractivity contribution in [2.24, 2.45) is 0 Å². The lowest BCUT2D eigenvalue weighted by Crippen LogP contribution is -2.30. The summed E-state index contributed by atoms with van der Waals surface area (Å²) in [6, 6.07) is 13.5. The van der Waals surface area contributed by atoms with E-state index in [0.29, 0.717) is 27.9 Å². The van der Waals surface area contributed by atoms with E-state index in [1.54, 1.807) is 43.3 Å². The summed E-state index contributed by atoms with van der Waals surface area (Å²) >= 11 is 0. The quantitative estimate of drug-likeness (QED) is 0.703. The van der Waals surface area contributed by atoms with Gasteiger partial charge in [0.2, 0.25) is 0 Å². The van der Waals surface area contributed by atoms with Gasteiger partial charge in [-0.2, -0.15) is 0 Å². The summed E-state index contributed by atoms with van der Waals surface area (Å²) in [6.45, 7) is 3.69. The molecule has 138 valence electrons. The van der Waals surface area contributed by atoms with Crippen LogP contribution in [0.15, 0.2) is 57.7 Å². The van der Waals surface area contributed by atoms with Gasteiger partial charge < -0.3 is 14.5 Å². The molecule has 6 heteroatoms. The number of fused-ring (bicyclic) bond motifs is 1. The molecule has 0 fully saturated rings. The predicted molar refractivity (Wildman–Crippen MR) is 102 cm³/mol. The maximum absolute atomic E-state index is 12.3. The fourth-order valence-electron chi connectivity index (χ4n) is 2.66. The maximum atomic E-state index is 12.3. The molecule has 6 nitrogen and oxygen atoms in total.